The van der Waals surface area contributed by atoms with Gasteiger partial charge in [0.1, 0.15) is 0 Å². The van der Waals surface area contributed by atoms with E-state index >= 15 is 0 Å². The molecule has 1 N–H and O–H groups in total. The Kier molecular flexibility index (Phi) is 6.83. The number of sulfonamides is 1. The molecule has 176 valence electrons. The summed E-state index contributed by atoms with van der Waals surface area (Å²) in [6.07, 6.45) is 0.177. The number of carbonyl (C=O) groups is 2. The minimum atomic E-state index is -3.55. The van der Waals surface area contributed by atoms with Crippen LogP contribution < -0.4 is 10.2 Å². The first-order valence-electron chi connectivity index (χ1n) is 11.1. The third-order valence-electron chi connectivity index (χ3n) is 6.36. The number of ether oxygens (including phenoxy) is 1. The minimum Gasteiger partial charge on any atom is -0.379 e. The monoisotopic (exact) mass is 471 g/mol. The molecule has 33 heavy (non-hydrogen) atoms. The molecule has 2 heterocycles. The Hall–Kier alpha value is -2.75. The Morgan fingerprint density at radius 3 is 2.48 bits per heavy atom. The molecule has 1 unspecified atom stereocenters. The van der Waals surface area contributed by atoms with Crippen LogP contribution in [0.2, 0.25) is 0 Å². The van der Waals surface area contributed by atoms with Crippen LogP contribution in [0, 0.1) is 19.8 Å². The van der Waals surface area contributed by atoms with Gasteiger partial charge < -0.3 is 15.0 Å². The summed E-state index contributed by atoms with van der Waals surface area (Å²) in [7, 11) is -3.55. The Labute approximate surface area is 194 Å². The molecule has 0 radical (unpaired) electrons. The molecule has 2 aromatic carbocycles. The fourth-order valence-corrected chi connectivity index (χ4v) is 5.60. The van der Waals surface area contributed by atoms with Gasteiger partial charge in [-0.15, -0.1) is 0 Å². The van der Waals surface area contributed by atoms with E-state index in [1.807, 2.05) is 32.0 Å². The largest absolute Gasteiger partial charge is 0.379 e. The summed E-state index contributed by atoms with van der Waals surface area (Å²) in [6.45, 7) is 6.09. The summed E-state index contributed by atoms with van der Waals surface area (Å²) in [5, 5.41) is 2.89. The smallest absolute Gasteiger partial charge is 0.243 e. The number of carbonyl (C=O) groups excluding carboxylic acids is 2. The van der Waals surface area contributed by atoms with Crippen molar-refractivity contribution in [2.45, 2.75) is 31.7 Å². The fourth-order valence-electron chi connectivity index (χ4n) is 4.19. The number of amides is 2. The molecule has 0 bridgehead atoms. The Bertz CT molecular complexity index is 1140. The lowest BCUT2D eigenvalue weighted by Crippen LogP contribution is -2.40. The van der Waals surface area contributed by atoms with Gasteiger partial charge in [0, 0.05) is 38.3 Å². The Morgan fingerprint density at radius 1 is 1.09 bits per heavy atom. The zero-order valence-electron chi connectivity index (χ0n) is 18.9. The van der Waals surface area contributed by atoms with E-state index in [0.717, 1.165) is 22.4 Å². The SMILES string of the molecule is Cc1cccc(N2CC(C(=O)NCc3ccc(S(=O)(=O)N4CCOCC4)cc3)CC2=O)c1C. The zero-order valence-corrected chi connectivity index (χ0v) is 19.7. The molecule has 2 aliphatic rings. The van der Waals surface area contributed by atoms with Gasteiger partial charge in [-0.05, 0) is 48.7 Å². The first-order chi connectivity index (χ1) is 15.8. The summed E-state index contributed by atoms with van der Waals surface area (Å²) < 4.78 is 32.1. The number of benzene rings is 2. The van der Waals surface area contributed by atoms with Crippen molar-refractivity contribution in [3.8, 4) is 0 Å². The second-order valence-electron chi connectivity index (χ2n) is 8.50. The van der Waals surface area contributed by atoms with Crippen LogP contribution >= 0.6 is 0 Å². The maximum Gasteiger partial charge on any atom is 0.243 e. The van der Waals surface area contributed by atoms with Crippen molar-refractivity contribution in [1.29, 1.82) is 0 Å². The van der Waals surface area contributed by atoms with E-state index in [1.54, 1.807) is 29.2 Å². The summed E-state index contributed by atoms with van der Waals surface area (Å²) in [5.74, 6) is -0.652. The van der Waals surface area contributed by atoms with Crippen LogP contribution in [0.3, 0.4) is 0 Å². The molecule has 2 aliphatic heterocycles. The average Bonchev–Trinajstić information content (AvgIpc) is 3.21. The maximum absolute atomic E-state index is 12.7. The zero-order chi connectivity index (χ0) is 23.6. The van der Waals surface area contributed by atoms with Crippen LogP contribution in [-0.4, -0.2) is 57.4 Å². The van der Waals surface area contributed by atoms with Gasteiger partial charge in [0.2, 0.25) is 21.8 Å². The number of nitrogens with one attached hydrogen (secondary N) is 1. The molecule has 2 aromatic rings. The molecule has 1 atom stereocenters. The first-order valence-corrected chi connectivity index (χ1v) is 12.5. The van der Waals surface area contributed by atoms with E-state index in [0.29, 0.717) is 32.8 Å². The van der Waals surface area contributed by atoms with Gasteiger partial charge >= 0.3 is 0 Å². The lowest BCUT2D eigenvalue weighted by atomic mass is 10.1. The van der Waals surface area contributed by atoms with Gasteiger partial charge in [0.25, 0.3) is 0 Å². The number of nitrogens with zero attached hydrogens (tertiary/aromatic N) is 2. The van der Waals surface area contributed by atoms with Crippen molar-refractivity contribution >= 4 is 27.5 Å². The van der Waals surface area contributed by atoms with Gasteiger partial charge in [0.15, 0.2) is 0 Å². The summed E-state index contributed by atoms with van der Waals surface area (Å²) in [4.78, 5) is 27.2. The standard InChI is InChI=1S/C24H29N3O5S/c1-17-4-3-5-22(18(17)2)27-16-20(14-23(27)28)24(29)25-15-19-6-8-21(9-7-19)33(30,31)26-10-12-32-13-11-26/h3-9,20H,10-16H2,1-2H3,(H,25,29). The molecule has 8 nitrogen and oxygen atoms in total. The van der Waals surface area contributed by atoms with E-state index in [9.17, 15) is 18.0 Å². The van der Waals surface area contributed by atoms with Crippen LogP contribution in [0.25, 0.3) is 0 Å². The molecule has 2 saturated heterocycles. The normalized spacial score (nSPS) is 19.6. The highest BCUT2D eigenvalue weighted by Gasteiger charge is 2.35. The van der Waals surface area contributed by atoms with Crippen LogP contribution in [0.5, 0.6) is 0 Å². The van der Waals surface area contributed by atoms with Crippen LogP contribution in [0.4, 0.5) is 5.69 Å². The van der Waals surface area contributed by atoms with Crippen LogP contribution in [0.15, 0.2) is 47.4 Å². The third kappa shape index (κ3) is 4.95. The van der Waals surface area contributed by atoms with Crippen LogP contribution in [-0.2, 0) is 30.9 Å². The topological polar surface area (TPSA) is 96.0 Å². The summed E-state index contributed by atoms with van der Waals surface area (Å²) in [5.41, 5.74) is 3.79. The van der Waals surface area contributed by atoms with Crippen molar-refractivity contribution in [1.82, 2.24) is 9.62 Å². The van der Waals surface area contributed by atoms with E-state index in [-0.39, 0.29) is 29.7 Å². The third-order valence-corrected chi connectivity index (χ3v) is 8.27. The molecular formula is C24H29N3O5S. The predicted octanol–water partition coefficient (Wildman–Crippen LogP) is 1.99. The lowest BCUT2D eigenvalue weighted by Gasteiger charge is -2.26. The summed E-state index contributed by atoms with van der Waals surface area (Å²) in [6, 6.07) is 12.4. The van der Waals surface area contributed by atoms with Crippen molar-refractivity contribution in [2.75, 3.05) is 37.7 Å². The highest BCUT2D eigenvalue weighted by Crippen LogP contribution is 2.29. The number of hydrogen-bond donors (Lipinski definition) is 1. The van der Waals surface area contributed by atoms with Gasteiger partial charge in [0.05, 0.1) is 24.0 Å². The Morgan fingerprint density at radius 2 is 1.79 bits per heavy atom. The lowest BCUT2D eigenvalue weighted by molar-refractivity contribution is -0.126. The van der Waals surface area contributed by atoms with E-state index < -0.39 is 15.9 Å². The molecule has 0 aromatic heterocycles. The van der Waals surface area contributed by atoms with Gasteiger partial charge in [-0.1, -0.05) is 24.3 Å². The van der Waals surface area contributed by atoms with Crippen molar-refractivity contribution < 1.29 is 22.7 Å². The van der Waals surface area contributed by atoms with E-state index in [2.05, 4.69) is 5.32 Å². The van der Waals surface area contributed by atoms with E-state index in [4.69, 9.17) is 4.74 Å². The molecule has 2 amide bonds. The molecule has 0 spiro atoms. The van der Waals surface area contributed by atoms with Crippen molar-refractivity contribution in [3.05, 3.63) is 59.2 Å². The summed E-state index contributed by atoms with van der Waals surface area (Å²) >= 11 is 0. The minimum absolute atomic E-state index is 0.0541. The molecule has 9 heteroatoms. The maximum atomic E-state index is 12.7. The molecule has 0 saturated carbocycles. The highest BCUT2D eigenvalue weighted by atomic mass is 32.2. The molecule has 4 rings (SSSR count). The number of rotatable bonds is 6. The molecule has 2 fully saturated rings. The van der Waals surface area contributed by atoms with Gasteiger partial charge in [-0.2, -0.15) is 4.31 Å². The molecule has 0 aliphatic carbocycles. The number of anilines is 1. The van der Waals surface area contributed by atoms with Gasteiger partial charge in [-0.3, -0.25) is 9.59 Å². The van der Waals surface area contributed by atoms with Gasteiger partial charge in [-0.25, -0.2) is 8.42 Å². The van der Waals surface area contributed by atoms with Crippen molar-refractivity contribution in [2.24, 2.45) is 5.92 Å². The second kappa shape index (κ2) is 9.62. The highest BCUT2D eigenvalue weighted by molar-refractivity contribution is 7.89. The molecular weight excluding hydrogens is 442 g/mol. The number of morpholine rings is 1. The quantitative estimate of drug-likeness (QED) is 0.695. The first kappa shape index (κ1) is 23.4. The Balaban J connectivity index is 1.35. The van der Waals surface area contributed by atoms with Crippen LogP contribution in [0.1, 0.15) is 23.1 Å². The predicted molar refractivity (Wildman–Crippen MR) is 124 cm³/mol. The number of hydrogen-bond acceptors (Lipinski definition) is 5. The fraction of sp³-hybridized carbons (Fsp3) is 0.417. The average molecular weight is 472 g/mol. The van der Waals surface area contributed by atoms with Crippen molar-refractivity contribution in [3.63, 3.8) is 0 Å². The number of aryl methyl sites for hydroxylation is 1. The van der Waals surface area contributed by atoms with E-state index in [1.165, 1.54) is 4.31 Å². The second-order valence-corrected chi connectivity index (χ2v) is 10.4.